The molecule has 5 rings (SSSR count). The number of nitrogens with two attached hydrogens (primary N) is 4. The van der Waals surface area contributed by atoms with Gasteiger partial charge in [-0.3, -0.25) is 52.9 Å². The minimum absolute atomic E-state index is 0.00452. The Bertz CT molecular complexity index is 2480. The predicted octanol–water partition coefficient (Wildman–Crippen LogP) is -0.974. The molecule has 80 heavy (non-hydrogen) atoms. The standard InChI is InChI=1S/C54H80N14O10S2/c1-3-33(2)45-51(77)65-39(29-42(56)69)48(74)66-40(52(78)68-26-14-20-41(68)50(76)63-36(19-13-24-60-53(57)58)46(72)61-31-44(71)59-25-23-55)32-79-80-54(21-11-6-12-22-54)30-43(70)62-37(27-34-15-7-4-8-16-34)47(73)64-38(49(75)67-45)28-35-17-9-5-10-18-35/h4-5,7-10,15-18,33,36-41,45H,3,6,11-14,19-32,55H2,1-2H3,(H2,56,69)(H,59,71)(H,61,72)(H,62,70)(H,63,76)(H,64,73)(H,65,77)(H,66,74)(H,67,75)(H4,57,58,60)/t33?,36-,37+,38-,39-,40-,41-,45-/m0/s1. The number of carbonyl (C=O) groups excluding carboxylic acids is 10. The number of nitrogens with one attached hydrogen (secondary N) is 8. The van der Waals surface area contributed by atoms with Crippen LogP contribution >= 0.6 is 21.6 Å². The fourth-order valence-corrected chi connectivity index (χ4v) is 13.2. The molecule has 3 fully saturated rings. The summed E-state index contributed by atoms with van der Waals surface area (Å²) < 4.78 is -0.694. The van der Waals surface area contributed by atoms with Crippen LogP contribution in [0.1, 0.15) is 102 Å². The maximum absolute atomic E-state index is 15.0. The Balaban J connectivity index is 1.51. The number of guanidine groups is 1. The van der Waals surface area contributed by atoms with Gasteiger partial charge in [0.1, 0.15) is 42.3 Å². The Morgan fingerprint density at radius 1 is 0.775 bits per heavy atom. The van der Waals surface area contributed by atoms with E-state index in [0.717, 1.165) is 24.8 Å². The highest BCUT2D eigenvalue weighted by atomic mass is 33.1. The van der Waals surface area contributed by atoms with Gasteiger partial charge in [-0.25, -0.2) is 0 Å². The first-order valence-electron chi connectivity index (χ1n) is 27.4. The van der Waals surface area contributed by atoms with E-state index in [1.54, 1.807) is 44.2 Å². The van der Waals surface area contributed by atoms with Crippen molar-refractivity contribution in [1.82, 2.24) is 47.4 Å². The summed E-state index contributed by atoms with van der Waals surface area (Å²) in [7, 11) is 2.62. The van der Waals surface area contributed by atoms with Gasteiger partial charge in [0.25, 0.3) is 0 Å². The van der Waals surface area contributed by atoms with E-state index in [2.05, 4.69) is 47.5 Å². The molecule has 1 spiro atoms. The van der Waals surface area contributed by atoms with Crippen molar-refractivity contribution in [2.45, 2.75) is 151 Å². The van der Waals surface area contributed by atoms with Crippen LogP contribution in [0.3, 0.4) is 0 Å². The number of amides is 10. The molecular formula is C54H80N14O10S2. The number of likely N-dealkylation sites (tertiary alicyclic amines) is 1. The SMILES string of the molecule is CCC(C)[C@@H]1NC(=O)[C@H](Cc2ccccc2)NC(=O)[C@@H](Cc2ccccc2)NC(=O)CC2(CCCCC2)SSC[C@@H](C(=O)N2CCC[C@H]2C(=O)N[C@@H](CCCN=C(N)N)C(=O)NCC(=O)NCCN)NC(=O)[C@H](CC(N)=O)NC1=O. The second-order valence-electron chi connectivity index (χ2n) is 20.6. The molecule has 3 aliphatic rings. The van der Waals surface area contributed by atoms with E-state index in [1.165, 1.54) is 26.5 Å². The van der Waals surface area contributed by atoms with Crippen LogP contribution < -0.4 is 65.5 Å². The van der Waals surface area contributed by atoms with Gasteiger partial charge in [0.05, 0.1) is 13.0 Å². The van der Waals surface area contributed by atoms with Gasteiger partial charge in [-0.2, -0.15) is 0 Å². The molecule has 24 nitrogen and oxygen atoms in total. The van der Waals surface area contributed by atoms with Crippen molar-refractivity contribution in [3.63, 3.8) is 0 Å². The Kier molecular flexibility index (Phi) is 25.8. The zero-order valence-electron chi connectivity index (χ0n) is 45.6. The summed E-state index contributed by atoms with van der Waals surface area (Å²) in [6, 6.07) is 9.02. The number of carbonyl (C=O) groups is 10. The van der Waals surface area contributed by atoms with Gasteiger partial charge in [0.15, 0.2) is 5.96 Å². The summed E-state index contributed by atoms with van der Waals surface area (Å²) in [6.45, 7) is 3.66. The van der Waals surface area contributed by atoms with Gasteiger partial charge in [0, 0.05) is 55.9 Å². The second-order valence-corrected chi connectivity index (χ2v) is 23.4. The molecule has 16 N–H and O–H groups in total. The van der Waals surface area contributed by atoms with Crippen molar-refractivity contribution in [1.29, 1.82) is 0 Å². The smallest absolute Gasteiger partial charge is 0.246 e. The van der Waals surface area contributed by atoms with E-state index in [-0.39, 0.29) is 76.4 Å². The van der Waals surface area contributed by atoms with E-state index >= 15 is 4.79 Å². The van der Waals surface area contributed by atoms with Gasteiger partial charge < -0.3 is 70.4 Å². The Labute approximate surface area is 474 Å². The van der Waals surface area contributed by atoms with Crippen LogP contribution in [0.25, 0.3) is 0 Å². The molecule has 2 aromatic carbocycles. The van der Waals surface area contributed by atoms with Crippen molar-refractivity contribution in [2.24, 2.45) is 33.8 Å². The maximum atomic E-state index is 15.0. The third-order valence-corrected chi connectivity index (χ3v) is 17.6. The van der Waals surface area contributed by atoms with Gasteiger partial charge in [-0.1, -0.05) is 122 Å². The van der Waals surface area contributed by atoms with E-state index in [4.69, 9.17) is 22.9 Å². The number of hydrogen-bond acceptors (Lipinski definition) is 14. The molecule has 2 aliphatic heterocycles. The zero-order valence-corrected chi connectivity index (χ0v) is 47.3. The fraction of sp³-hybridized carbons (Fsp3) is 0.574. The summed E-state index contributed by atoms with van der Waals surface area (Å²) in [5.41, 5.74) is 23.6. The lowest BCUT2D eigenvalue weighted by Gasteiger charge is -2.37. The number of benzene rings is 2. The number of primary amides is 1. The van der Waals surface area contributed by atoms with Crippen molar-refractivity contribution >= 4 is 86.6 Å². The summed E-state index contributed by atoms with van der Waals surface area (Å²) in [5, 5.41) is 21.9. The largest absolute Gasteiger partial charge is 0.370 e. The Morgan fingerprint density at radius 3 is 2.00 bits per heavy atom. The summed E-state index contributed by atoms with van der Waals surface area (Å²) in [5.74, 6) is -7.93. The molecule has 0 bridgehead atoms. The van der Waals surface area contributed by atoms with Gasteiger partial charge in [-0.15, -0.1) is 0 Å². The summed E-state index contributed by atoms with van der Waals surface area (Å²) >= 11 is 0. The first kappa shape index (κ1) is 63.9. The number of aliphatic imine (C=N–C) groups is 1. The van der Waals surface area contributed by atoms with E-state index in [0.29, 0.717) is 31.2 Å². The second kappa shape index (κ2) is 32.4. The molecule has 1 unspecified atom stereocenters. The zero-order chi connectivity index (χ0) is 58.2. The average Bonchev–Trinajstić information content (AvgIpc) is 3.94. The Morgan fingerprint density at radius 2 is 1.39 bits per heavy atom. The summed E-state index contributed by atoms with van der Waals surface area (Å²) in [6.07, 6.45) is 4.29. The van der Waals surface area contributed by atoms with E-state index in [1.807, 2.05) is 30.3 Å². The molecule has 2 aromatic rings. The van der Waals surface area contributed by atoms with Crippen molar-refractivity contribution < 1.29 is 47.9 Å². The van der Waals surface area contributed by atoms with Crippen molar-refractivity contribution in [3.8, 4) is 0 Å². The molecule has 2 heterocycles. The first-order chi connectivity index (χ1) is 38.3. The molecule has 10 amide bonds. The van der Waals surface area contributed by atoms with Crippen LogP contribution in [0, 0.1) is 5.92 Å². The van der Waals surface area contributed by atoms with Crippen molar-refractivity contribution in [3.05, 3.63) is 71.8 Å². The van der Waals surface area contributed by atoms with E-state index < -0.39 is 125 Å². The van der Waals surface area contributed by atoms with E-state index in [9.17, 15) is 43.2 Å². The topological polar surface area (TPSA) is 387 Å². The lowest BCUT2D eigenvalue weighted by molar-refractivity contribution is -0.142. The normalized spacial score (nSPS) is 23.1. The van der Waals surface area contributed by atoms with Crippen LogP contribution in [0.4, 0.5) is 0 Å². The van der Waals surface area contributed by atoms with Crippen LogP contribution in [0.5, 0.6) is 0 Å². The summed E-state index contributed by atoms with van der Waals surface area (Å²) in [4.78, 5) is 146. The molecule has 2 saturated heterocycles. The van der Waals surface area contributed by atoms with Crippen LogP contribution in [0.2, 0.25) is 0 Å². The molecule has 0 radical (unpaired) electrons. The molecule has 8 atom stereocenters. The van der Waals surface area contributed by atoms with Crippen LogP contribution in [-0.4, -0.2) is 155 Å². The lowest BCUT2D eigenvalue weighted by atomic mass is 9.85. The highest BCUT2D eigenvalue weighted by molar-refractivity contribution is 8.77. The highest BCUT2D eigenvalue weighted by Crippen LogP contribution is 2.48. The lowest BCUT2D eigenvalue weighted by Crippen LogP contribution is -2.62. The minimum atomic E-state index is -1.65. The van der Waals surface area contributed by atoms with Crippen LogP contribution in [0.15, 0.2) is 65.7 Å². The van der Waals surface area contributed by atoms with Crippen molar-refractivity contribution in [2.75, 3.05) is 38.5 Å². The average molecular weight is 1150 g/mol. The predicted molar refractivity (Wildman–Crippen MR) is 305 cm³/mol. The molecular weight excluding hydrogens is 1070 g/mol. The number of rotatable bonds is 20. The monoisotopic (exact) mass is 1150 g/mol. The number of hydrogen-bond donors (Lipinski definition) is 12. The minimum Gasteiger partial charge on any atom is -0.370 e. The quantitative estimate of drug-likeness (QED) is 0.0328. The molecule has 26 heteroatoms. The molecule has 1 aliphatic carbocycles. The van der Waals surface area contributed by atoms with Crippen LogP contribution in [-0.2, 0) is 60.8 Å². The maximum Gasteiger partial charge on any atom is 0.246 e. The third kappa shape index (κ3) is 20.3. The molecule has 438 valence electrons. The highest BCUT2D eigenvalue weighted by Gasteiger charge is 2.42. The number of nitrogens with zero attached hydrogens (tertiary/aromatic N) is 2. The van der Waals surface area contributed by atoms with Gasteiger partial charge in [-0.05, 0) is 55.6 Å². The fourth-order valence-electron chi connectivity index (χ4n) is 9.82. The molecule has 1 saturated carbocycles. The van der Waals surface area contributed by atoms with Gasteiger partial charge >= 0.3 is 0 Å². The third-order valence-electron chi connectivity index (χ3n) is 14.3. The molecule has 0 aromatic heterocycles. The Hall–Kier alpha value is -6.93. The first-order valence-corrected chi connectivity index (χ1v) is 29.7. The van der Waals surface area contributed by atoms with Gasteiger partial charge in [0.2, 0.25) is 59.1 Å².